The molecular formula is C21H24N2O3. The number of carbonyl (C=O) groups is 2. The van der Waals surface area contributed by atoms with Crippen LogP contribution in [-0.4, -0.2) is 26.0 Å². The number of carbonyl (C=O) groups excluding carboxylic acids is 2. The van der Waals surface area contributed by atoms with E-state index in [0.717, 1.165) is 24.1 Å². The van der Waals surface area contributed by atoms with Crippen molar-refractivity contribution in [2.45, 2.75) is 19.3 Å². The van der Waals surface area contributed by atoms with Crippen LogP contribution in [0.4, 0.5) is 11.4 Å². The highest BCUT2D eigenvalue weighted by atomic mass is 16.5. The third kappa shape index (κ3) is 6.09. The number of nitrogens with one attached hydrogen (secondary N) is 2. The van der Waals surface area contributed by atoms with E-state index in [1.807, 2.05) is 36.4 Å². The number of aryl methyl sites for hydroxylation is 1. The molecule has 0 bridgehead atoms. The van der Waals surface area contributed by atoms with Crippen molar-refractivity contribution in [3.05, 3.63) is 65.7 Å². The molecule has 0 atom stereocenters. The molecule has 2 aromatic carbocycles. The molecule has 1 amide bonds. The highest BCUT2D eigenvalue weighted by molar-refractivity contribution is 5.95. The van der Waals surface area contributed by atoms with Crippen LogP contribution >= 0.6 is 0 Å². The first kappa shape index (κ1) is 19.2. The van der Waals surface area contributed by atoms with Gasteiger partial charge in [-0.2, -0.15) is 0 Å². The van der Waals surface area contributed by atoms with E-state index < -0.39 is 5.97 Å². The molecule has 0 heterocycles. The first-order chi connectivity index (χ1) is 12.6. The van der Waals surface area contributed by atoms with Crippen molar-refractivity contribution < 1.29 is 14.3 Å². The Morgan fingerprint density at radius 1 is 1.08 bits per heavy atom. The number of benzene rings is 2. The maximum Gasteiger partial charge on any atom is 0.330 e. The Morgan fingerprint density at radius 3 is 2.54 bits per heavy atom. The van der Waals surface area contributed by atoms with Crippen LogP contribution in [-0.2, 0) is 20.7 Å². The van der Waals surface area contributed by atoms with E-state index >= 15 is 0 Å². The molecule has 5 nitrogen and oxygen atoms in total. The number of esters is 1. The van der Waals surface area contributed by atoms with Crippen molar-refractivity contribution in [1.29, 1.82) is 0 Å². The van der Waals surface area contributed by atoms with Crippen LogP contribution in [0.25, 0.3) is 6.08 Å². The molecule has 26 heavy (non-hydrogen) atoms. The lowest BCUT2D eigenvalue weighted by Gasteiger charge is -2.12. The van der Waals surface area contributed by atoms with Gasteiger partial charge in [-0.1, -0.05) is 36.4 Å². The third-order valence-electron chi connectivity index (χ3n) is 3.91. The summed E-state index contributed by atoms with van der Waals surface area (Å²) in [6, 6.07) is 15.6. The van der Waals surface area contributed by atoms with E-state index in [4.69, 9.17) is 0 Å². The Morgan fingerprint density at radius 2 is 1.85 bits per heavy atom. The van der Waals surface area contributed by atoms with Crippen molar-refractivity contribution in [2.24, 2.45) is 0 Å². The molecule has 0 saturated carbocycles. The van der Waals surface area contributed by atoms with Gasteiger partial charge >= 0.3 is 5.97 Å². The summed E-state index contributed by atoms with van der Waals surface area (Å²) in [6.45, 7) is 0. The van der Waals surface area contributed by atoms with Crippen molar-refractivity contribution in [2.75, 3.05) is 24.8 Å². The highest BCUT2D eigenvalue weighted by Crippen LogP contribution is 2.24. The van der Waals surface area contributed by atoms with E-state index in [9.17, 15) is 9.59 Å². The minimum absolute atomic E-state index is 0.0356. The van der Waals surface area contributed by atoms with Gasteiger partial charge in [0.05, 0.1) is 18.5 Å². The summed E-state index contributed by atoms with van der Waals surface area (Å²) in [5, 5.41) is 5.99. The lowest BCUT2D eigenvalue weighted by molar-refractivity contribution is -0.134. The fraction of sp³-hybridized carbons (Fsp3) is 0.238. The molecule has 0 aliphatic rings. The second-order valence-electron chi connectivity index (χ2n) is 5.80. The number of amides is 1. The molecule has 0 spiro atoms. The maximum absolute atomic E-state index is 12.3. The van der Waals surface area contributed by atoms with Crippen LogP contribution in [0, 0.1) is 0 Å². The largest absolute Gasteiger partial charge is 0.466 e. The summed E-state index contributed by atoms with van der Waals surface area (Å²) in [6.07, 6.45) is 5.10. The topological polar surface area (TPSA) is 67.4 Å². The fourth-order valence-corrected chi connectivity index (χ4v) is 2.53. The minimum atomic E-state index is -0.422. The molecule has 5 heteroatoms. The van der Waals surface area contributed by atoms with Crippen LogP contribution in [0.1, 0.15) is 24.0 Å². The SMILES string of the molecule is CNc1ccc(C=CC(=O)OC)cc1NC(=O)CCCc1ccccc1. The predicted molar refractivity (Wildman–Crippen MR) is 105 cm³/mol. The Kier molecular flexibility index (Phi) is 7.43. The van der Waals surface area contributed by atoms with E-state index in [1.54, 1.807) is 13.1 Å². The maximum atomic E-state index is 12.3. The number of rotatable bonds is 8. The van der Waals surface area contributed by atoms with Gasteiger partial charge in [-0.15, -0.1) is 0 Å². The lowest BCUT2D eigenvalue weighted by Crippen LogP contribution is -2.13. The molecule has 0 saturated heterocycles. The molecule has 0 aliphatic carbocycles. The monoisotopic (exact) mass is 352 g/mol. The molecular weight excluding hydrogens is 328 g/mol. The van der Waals surface area contributed by atoms with Crippen molar-refractivity contribution >= 4 is 29.3 Å². The summed E-state index contributed by atoms with van der Waals surface area (Å²) in [7, 11) is 3.13. The van der Waals surface area contributed by atoms with Gasteiger partial charge < -0.3 is 15.4 Å². The van der Waals surface area contributed by atoms with Crippen LogP contribution < -0.4 is 10.6 Å². The minimum Gasteiger partial charge on any atom is -0.466 e. The van der Waals surface area contributed by atoms with Crippen LogP contribution in [0.2, 0.25) is 0 Å². The first-order valence-corrected chi connectivity index (χ1v) is 8.54. The highest BCUT2D eigenvalue weighted by Gasteiger charge is 2.07. The average molecular weight is 352 g/mol. The fourth-order valence-electron chi connectivity index (χ4n) is 2.53. The molecule has 2 rings (SSSR count). The second kappa shape index (κ2) is 10.0. The number of ether oxygens (including phenoxy) is 1. The first-order valence-electron chi connectivity index (χ1n) is 8.54. The normalized spacial score (nSPS) is 10.5. The van der Waals surface area contributed by atoms with Crippen molar-refractivity contribution in [3.8, 4) is 0 Å². The molecule has 0 radical (unpaired) electrons. The molecule has 0 fully saturated rings. The summed E-state index contributed by atoms with van der Waals surface area (Å²) >= 11 is 0. The lowest BCUT2D eigenvalue weighted by atomic mass is 10.1. The molecule has 0 unspecified atom stereocenters. The average Bonchev–Trinajstić information content (AvgIpc) is 2.67. The summed E-state index contributed by atoms with van der Waals surface area (Å²) in [4.78, 5) is 23.5. The van der Waals surface area contributed by atoms with Gasteiger partial charge in [0, 0.05) is 19.5 Å². The molecule has 136 valence electrons. The van der Waals surface area contributed by atoms with Crippen molar-refractivity contribution in [1.82, 2.24) is 0 Å². The zero-order chi connectivity index (χ0) is 18.8. The van der Waals surface area contributed by atoms with Gasteiger partial charge in [-0.25, -0.2) is 4.79 Å². The number of hydrogen-bond acceptors (Lipinski definition) is 4. The number of anilines is 2. The standard InChI is InChI=1S/C21H24N2O3/c1-22-18-13-11-17(12-14-21(25)26-2)15-19(18)23-20(24)10-6-9-16-7-4-3-5-8-16/h3-5,7-8,11-15,22H,6,9-10H2,1-2H3,(H,23,24). The third-order valence-corrected chi connectivity index (χ3v) is 3.91. The van der Waals surface area contributed by atoms with Gasteiger partial charge in [-0.3, -0.25) is 4.79 Å². The van der Waals surface area contributed by atoms with E-state index in [-0.39, 0.29) is 5.91 Å². The van der Waals surface area contributed by atoms with Gasteiger partial charge in [0.25, 0.3) is 0 Å². The Hall–Kier alpha value is -3.08. The number of hydrogen-bond donors (Lipinski definition) is 2. The Balaban J connectivity index is 1.96. The summed E-state index contributed by atoms with van der Waals surface area (Å²) < 4.78 is 4.58. The zero-order valence-corrected chi connectivity index (χ0v) is 15.1. The van der Waals surface area contributed by atoms with Crippen LogP contribution in [0.15, 0.2) is 54.6 Å². The van der Waals surface area contributed by atoms with Gasteiger partial charge in [0.2, 0.25) is 5.91 Å². The molecule has 2 aromatic rings. The van der Waals surface area contributed by atoms with Crippen LogP contribution in [0.3, 0.4) is 0 Å². The van der Waals surface area contributed by atoms with Gasteiger partial charge in [-0.05, 0) is 42.2 Å². The molecule has 0 aliphatic heterocycles. The van der Waals surface area contributed by atoms with E-state index in [2.05, 4.69) is 27.5 Å². The zero-order valence-electron chi connectivity index (χ0n) is 15.1. The van der Waals surface area contributed by atoms with Crippen molar-refractivity contribution in [3.63, 3.8) is 0 Å². The predicted octanol–water partition coefficient (Wildman–Crippen LogP) is 3.88. The molecule has 2 N–H and O–H groups in total. The van der Waals surface area contributed by atoms with Crippen LogP contribution in [0.5, 0.6) is 0 Å². The summed E-state index contributed by atoms with van der Waals surface area (Å²) in [5.41, 5.74) is 3.53. The Labute approximate surface area is 154 Å². The van der Waals surface area contributed by atoms with E-state index in [1.165, 1.54) is 18.7 Å². The Bertz CT molecular complexity index is 770. The summed E-state index contributed by atoms with van der Waals surface area (Å²) in [5.74, 6) is -0.458. The van der Waals surface area contributed by atoms with Gasteiger partial charge in [0.15, 0.2) is 0 Å². The second-order valence-corrected chi connectivity index (χ2v) is 5.80. The molecule has 0 aromatic heterocycles. The van der Waals surface area contributed by atoms with E-state index in [0.29, 0.717) is 12.1 Å². The number of methoxy groups -OCH3 is 1. The quantitative estimate of drug-likeness (QED) is 0.559. The van der Waals surface area contributed by atoms with Gasteiger partial charge in [0.1, 0.15) is 0 Å². The smallest absolute Gasteiger partial charge is 0.330 e.